The summed E-state index contributed by atoms with van der Waals surface area (Å²) in [5, 5.41) is 10.2. The molecule has 0 amide bonds. The lowest BCUT2D eigenvalue weighted by atomic mass is 9.65. The predicted octanol–water partition coefficient (Wildman–Crippen LogP) is 5.21. The van der Waals surface area contributed by atoms with Crippen LogP contribution >= 0.6 is 0 Å². The SMILES string of the molecule is CCCC(C)(C(=O)OCCc1cc(N)c(O)c(C(C)(C)C)c1)C(C)(C)C. The van der Waals surface area contributed by atoms with Gasteiger partial charge in [-0.15, -0.1) is 0 Å². The molecule has 0 fully saturated rings. The van der Waals surface area contributed by atoms with Crippen LogP contribution in [0.4, 0.5) is 5.69 Å². The van der Waals surface area contributed by atoms with Gasteiger partial charge in [0.15, 0.2) is 0 Å². The van der Waals surface area contributed by atoms with Crippen LogP contribution in [0.5, 0.6) is 5.75 Å². The van der Waals surface area contributed by atoms with E-state index in [1.54, 1.807) is 6.07 Å². The van der Waals surface area contributed by atoms with Gasteiger partial charge in [0.05, 0.1) is 17.7 Å². The summed E-state index contributed by atoms with van der Waals surface area (Å²) in [6.45, 7) is 16.7. The quantitative estimate of drug-likeness (QED) is 0.413. The van der Waals surface area contributed by atoms with Gasteiger partial charge in [0.1, 0.15) is 5.75 Å². The molecule has 4 heteroatoms. The molecule has 1 rings (SSSR count). The lowest BCUT2D eigenvalue weighted by Gasteiger charge is -2.39. The zero-order valence-electron chi connectivity index (χ0n) is 17.8. The third-order valence-corrected chi connectivity index (χ3v) is 5.49. The second-order valence-electron chi connectivity index (χ2n) is 9.55. The van der Waals surface area contributed by atoms with Crippen molar-refractivity contribution in [3.05, 3.63) is 23.3 Å². The van der Waals surface area contributed by atoms with E-state index in [0.29, 0.717) is 18.7 Å². The lowest BCUT2D eigenvalue weighted by Crippen LogP contribution is -2.41. The number of nitrogens with two attached hydrogens (primary N) is 1. The molecule has 3 N–H and O–H groups in total. The van der Waals surface area contributed by atoms with E-state index in [0.717, 1.165) is 24.0 Å². The molecule has 1 aromatic carbocycles. The number of carbonyl (C=O) groups excluding carboxylic acids is 1. The van der Waals surface area contributed by atoms with Crippen LogP contribution in [0.25, 0.3) is 0 Å². The van der Waals surface area contributed by atoms with Crippen LogP contribution in [0, 0.1) is 10.8 Å². The van der Waals surface area contributed by atoms with Crippen molar-refractivity contribution in [3.8, 4) is 5.75 Å². The average molecular weight is 364 g/mol. The standard InChI is InChI=1S/C22H37NO3/c1-9-11-22(8,21(5,6)7)19(25)26-12-10-15-13-16(20(2,3)4)18(24)17(23)14-15/h13-14,24H,9-12,23H2,1-8H3. The highest BCUT2D eigenvalue weighted by molar-refractivity contribution is 5.77. The maximum absolute atomic E-state index is 12.8. The second-order valence-corrected chi connectivity index (χ2v) is 9.55. The van der Waals surface area contributed by atoms with Crippen LogP contribution in [0.15, 0.2) is 12.1 Å². The summed E-state index contributed by atoms with van der Waals surface area (Å²) in [7, 11) is 0. The van der Waals surface area contributed by atoms with Gasteiger partial charge in [0.2, 0.25) is 0 Å². The molecular formula is C22H37NO3. The Kier molecular flexibility index (Phi) is 6.78. The normalized spacial score (nSPS) is 14.8. The number of anilines is 1. The van der Waals surface area contributed by atoms with Crippen molar-refractivity contribution in [2.75, 3.05) is 12.3 Å². The number of hydrogen-bond donors (Lipinski definition) is 2. The number of carbonyl (C=O) groups is 1. The summed E-state index contributed by atoms with van der Waals surface area (Å²) in [6.07, 6.45) is 2.31. The van der Waals surface area contributed by atoms with Gasteiger partial charge in [-0.3, -0.25) is 4.79 Å². The summed E-state index contributed by atoms with van der Waals surface area (Å²) >= 11 is 0. The molecule has 0 aliphatic carbocycles. The smallest absolute Gasteiger partial charge is 0.312 e. The minimum absolute atomic E-state index is 0.140. The minimum atomic E-state index is -0.508. The van der Waals surface area contributed by atoms with Crippen molar-refractivity contribution in [1.82, 2.24) is 0 Å². The van der Waals surface area contributed by atoms with Crippen molar-refractivity contribution in [1.29, 1.82) is 0 Å². The lowest BCUT2D eigenvalue weighted by molar-refractivity contribution is -0.162. The molecule has 1 aromatic rings. The molecule has 0 aliphatic rings. The monoisotopic (exact) mass is 363 g/mol. The minimum Gasteiger partial charge on any atom is -0.505 e. The largest absolute Gasteiger partial charge is 0.505 e. The average Bonchev–Trinajstić information content (AvgIpc) is 2.48. The number of rotatable bonds is 6. The van der Waals surface area contributed by atoms with Gasteiger partial charge in [-0.1, -0.05) is 61.0 Å². The number of aromatic hydroxyl groups is 1. The van der Waals surface area contributed by atoms with Gasteiger partial charge in [0, 0.05) is 12.0 Å². The molecule has 1 unspecified atom stereocenters. The Labute approximate surface area is 159 Å². The van der Waals surface area contributed by atoms with Crippen LogP contribution in [0.1, 0.15) is 79.4 Å². The highest BCUT2D eigenvalue weighted by Gasteiger charge is 2.44. The molecule has 0 aliphatic heterocycles. The number of phenols is 1. The van der Waals surface area contributed by atoms with Crippen molar-refractivity contribution in [3.63, 3.8) is 0 Å². The van der Waals surface area contributed by atoms with E-state index in [-0.39, 0.29) is 22.5 Å². The molecule has 0 aromatic heterocycles. The van der Waals surface area contributed by atoms with E-state index in [2.05, 4.69) is 27.7 Å². The third kappa shape index (κ3) is 4.93. The van der Waals surface area contributed by atoms with Crippen molar-refractivity contribution >= 4 is 11.7 Å². The predicted molar refractivity (Wildman–Crippen MR) is 108 cm³/mol. The molecular weight excluding hydrogens is 326 g/mol. The van der Waals surface area contributed by atoms with Crippen LogP contribution < -0.4 is 5.73 Å². The van der Waals surface area contributed by atoms with Gasteiger partial charge in [-0.2, -0.15) is 0 Å². The Morgan fingerprint density at radius 2 is 1.69 bits per heavy atom. The number of benzene rings is 1. The van der Waals surface area contributed by atoms with Crippen molar-refractivity contribution < 1.29 is 14.6 Å². The molecule has 0 radical (unpaired) electrons. The van der Waals surface area contributed by atoms with Gasteiger partial charge >= 0.3 is 5.97 Å². The zero-order valence-corrected chi connectivity index (χ0v) is 17.8. The van der Waals surface area contributed by atoms with E-state index in [4.69, 9.17) is 10.5 Å². The number of ether oxygens (including phenoxy) is 1. The number of esters is 1. The summed E-state index contributed by atoms with van der Waals surface area (Å²) in [5.74, 6) is -0.00357. The third-order valence-electron chi connectivity index (χ3n) is 5.49. The fourth-order valence-electron chi connectivity index (χ4n) is 3.14. The topological polar surface area (TPSA) is 72.5 Å². The molecule has 0 saturated heterocycles. The van der Waals surface area contributed by atoms with Crippen molar-refractivity contribution in [2.45, 2.75) is 80.1 Å². The molecule has 0 bridgehead atoms. The Bertz CT molecular complexity index is 638. The molecule has 0 saturated carbocycles. The Morgan fingerprint density at radius 1 is 1.12 bits per heavy atom. The van der Waals surface area contributed by atoms with E-state index in [1.165, 1.54) is 0 Å². The summed E-state index contributed by atoms with van der Waals surface area (Å²) in [4.78, 5) is 12.8. The van der Waals surface area contributed by atoms with Crippen LogP contribution in [0.2, 0.25) is 0 Å². The van der Waals surface area contributed by atoms with Gasteiger partial charge in [0.25, 0.3) is 0 Å². The fraction of sp³-hybridized carbons (Fsp3) is 0.682. The Morgan fingerprint density at radius 3 is 2.15 bits per heavy atom. The van der Waals surface area contributed by atoms with E-state index < -0.39 is 5.41 Å². The molecule has 0 spiro atoms. The number of nitrogen functional groups attached to an aromatic ring is 1. The van der Waals surface area contributed by atoms with E-state index >= 15 is 0 Å². The first-order valence-electron chi connectivity index (χ1n) is 9.53. The van der Waals surface area contributed by atoms with Gasteiger partial charge < -0.3 is 15.6 Å². The van der Waals surface area contributed by atoms with E-state index in [9.17, 15) is 9.90 Å². The van der Waals surface area contributed by atoms with E-state index in [1.807, 2.05) is 33.8 Å². The maximum Gasteiger partial charge on any atom is 0.312 e. The molecule has 4 nitrogen and oxygen atoms in total. The fourth-order valence-corrected chi connectivity index (χ4v) is 3.14. The molecule has 148 valence electrons. The molecule has 0 heterocycles. The summed E-state index contributed by atoms with van der Waals surface area (Å²) < 4.78 is 5.64. The van der Waals surface area contributed by atoms with Crippen LogP contribution in [0.3, 0.4) is 0 Å². The molecule has 1 atom stereocenters. The highest BCUT2D eigenvalue weighted by atomic mass is 16.5. The van der Waals surface area contributed by atoms with Crippen molar-refractivity contribution in [2.24, 2.45) is 10.8 Å². The maximum atomic E-state index is 12.8. The summed E-state index contributed by atoms with van der Waals surface area (Å²) in [5.41, 5.74) is 7.21. The zero-order chi connectivity index (χ0) is 20.3. The van der Waals surface area contributed by atoms with Crippen LogP contribution in [-0.2, 0) is 21.4 Å². The first kappa shape index (κ1) is 22.3. The first-order valence-corrected chi connectivity index (χ1v) is 9.53. The Hall–Kier alpha value is -1.71. The number of hydrogen-bond acceptors (Lipinski definition) is 4. The molecule has 26 heavy (non-hydrogen) atoms. The van der Waals surface area contributed by atoms with Crippen LogP contribution in [-0.4, -0.2) is 17.7 Å². The Balaban J connectivity index is 2.88. The van der Waals surface area contributed by atoms with Gasteiger partial charge in [-0.25, -0.2) is 0 Å². The number of phenolic OH excluding ortho intramolecular Hbond substituents is 1. The second kappa shape index (κ2) is 7.89. The summed E-state index contributed by atoms with van der Waals surface area (Å²) in [6, 6.07) is 3.71. The highest BCUT2D eigenvalue weighted by Crippen LogP contribution is 2.43. The van der Waals surface area contributed by atoms with Gasteiger partial charge in [-0.05, 0) is 35.8 Å². The first-order chi connectivity index (χ1) is 11.7.